The van der Waals surface area contributed by atoms with Gasteiger partial charge in [-0.05, 0) is 70.2 Å². The van der Waals surface area contributed by atoms with Gasteiger partial charge in [-0.2, -0.15) is 0 Å². The molecule has 0 aliphatic rings. The molecule has 0 amide bonds. The molecular formula is C20H30O2. The number of aryl methyl sites for hydroxylation is 2. The second-order valence-corrected chi connectivity index (χ2v) is 6.59. The molecule has 2 heterocycles. The number of rotatable bonds is 6. The Balaban J connectivity index is 2.46. The number of unbranched alkanes of at least 4 members (excludes halogenated alkanes) is 2. The maximum Gasteiger partial charge on any atom is 0.117 e. The summed E-state index contributed by atoms with van der Waals surface area (Å²) in [6.07, 6.45) is 4.79. The van der Waals surface area contributed by atoms with Gasteiger partial charge in [0.15, 0.2) is 0 Å². The minimum Gasteiger partial charge on any atom is -0.465 e. The molecule has 0 unspecified atom stereocenters. The van der Waals surface area contributed by atoms with E-state index in [1.807, 2.05) is 0 Å². The van der Waals surface area contributed by atoms with Crippen molar-refractivity contribution in [2.75, 3.05) is 0 Å². The van der Waals surface area contributed by atoms with Crippen LogP contribution < -0.4 is 0 Å². The second-order valence-electron chi connectivity index (χ2n) is 6.59. The summed E-state index contributed by atoms with van der Waals surface area (Å²) in [6.45, 7) is 15.0. The van der Waals surface area contributed by atoms with Crippen LogP contribution in [0.15, 0.2) is 8.83 Å². The summed E-state index contributed by atoms with van der Waals surface area (Å²) < 4.78 is 12.3. The van der Waals surface area contributed by atoms with Gasteiger partial charge in [0.1, 0.15) is 23.0 Å². The standard InChI is InChI=1S/C20H30O2/c1-8-9-10-11-18(19-14(4)12(2)16(6)21-19)20-15(5)13(3)17(7)22-20/h18H,8-11H2,1-7H3. The molecule has 2 aromatic heterocycles. The van der Waals surface area contributed by atoms with Gasteiger partial charge in [-0.25, -0.2) is 0 Å². The molecule has 2 nitrogen and oxygen atoms in total. The highest BCUT2D eigenvalue weighted by molar-refractivity contribution is 5.40. The molecule has 0 aliphatic heterocycles. The fourth-order valence-electron chi connectivity index (χ4n) is 3.18. The SMILES string of the molecule is CCCCCC(c1oc(C)c(C)c1C)c1oc(C)c(C)c1C. The molecule has 122 valence electrons. The first-order chi connectivity index (χ1) is 10.4. The minimum atomic E-state index is 0.242. The van der Waals surface area contributed by atoms with E-state index in [0.29, 0.717) is 0 Å². The Morgan fingerprint density at radius 3 is 1.45 bits per heavy atom. The van der Waals surface area contributed by atoms with Gasteiger partial charge in [0, 0.05) is 0 Å². The predicted molar refractivity (Wildman–Crippen MR) is 91.8 cm³/mol. The zero-order chi connectivity index (χ0) is 16.4. The van der Waals surface area contributed by atoms with E-state index in [9.17, 15) is 0 Å². The molecule has 22 heavy (non-hydrogen) atoms. The molecule has 2 heteroatoms. The summed E-state index contributed by atoms with van der Waals surface area (Å²) in [5, 5.41) is 0. The maximum absolute atomic E-state index is 6.14. The first kappa shape index (κ1) is 16.9. The van der Waals surface area contributed by atoms with Crippen molar-refractivity contribution in [3.63, 3.8) is 0 Å². The van der Waals surface area contributed by atoms with Crippen molar-refractivity contribution in [3.8, 4) is 0 Å². The van der Waals surface area contributed by atoms with Crippen LogP contribution in [0.4, 0.5) is 0 Å². The van der Waals surface area contributed by atoms with E-state index in [0.717, 1.165) is 29.5 Å². The summed E-state index contributed by atoms with van der Waals surface area (Å²) in [7, 11) is 0. The highest BCUT2D eigenvalue weighted by atomic mass is 16.4. The molecule has 0 saturated carbocycles. The van der Waals surface area contributed by atoms with E-state index in [1.54, 1.807) is 0 Å². The predicted octanol–water partition coefficient (Wildman–Crippen LogP) is 6.44. The van der Waals surface area contributed by atoms with E-state index in [1.165, 1.54) is 41.5 Å². The van der Waals surface area contributed by atoms with Crippen molar-refractivity contribution < 1.29 is 8.83 Å². The average Bonchev–Trinajstić information content (AvgIpc) is 2.89. The normalized spacial score (nSPS) is 11.6. The summed E-state index contributed by atoms with van der Waals surface area (Å²) in [5.41, 5.74) is 5.11. The lowest BCUT2D eigenvalue weighted by Crippen LogP contribution is -2.03. The molecular weight excluding hydrogens is 272 g/mol. The Kier molecular flexibility index (Phi) is 5.20. The first-order valence-electron chi connectivity index (χ1n) is 8.51. The van der Waals surface area contributed by atoms with Crippen LogP contribution in [0.25, 0.3) is 0 Å². The van der Waals surface area contributed by atoms with Crippen LogP contribution in [-0.4, -0.2) is 0 Å². The molecule has 0 spiro atoms. The topological polar surface area (TPSA) is 26.3 Å². The summed E-state index contributed by atoms with van der Waals surface area (Å²) >= 11 is 0. The van der Waals surface area contributed by atoms with Crippen LogP contribution in [0.1, 0.15) is 83.8 Å². The molecule has 2 rings (SSSR count). The monoisotopic (exact) mass is 302 g/mol. The molecule has 0 N–H and O–H groups in total. The second kappa shape index (κ2) is 6.76. The van der Waals surface area contributed by atoms with Gasteiger partial charge < -0.3 is 8.83 Å². The van der Waals surface area contributed by atoms with Crippen molar-refractivity contribution in [3.05, 3.63) is 45.3 Å². The number of hydrogen-bond acceptors (Lipinski definition) is 2. The van der Waals surface area contributed by atoms with E-state index in [2.05, 4.69) is 48.5 Å². The van der Waals surface area contributed by atoms with Gasteiger partial charge >= 0.3 is 0 Å². The van der Waals surface area contributed by atoms with Crippen molar-refractivity contribution >= 4 is 0 Å². The summed E-state index contributed by atoms with van der Waals surface area (Å²) in [4.78, 5) is 0. The fourth-order valence-corrected chi connectivity index (χ4v) is 3.18. The smallest absolute Gasteiger partial charge is 0.117 e. The molecule has 0 fully saturated rings. The molecule has 0 atom stereocenters. The lowest BCUT2D eigenvalue weighted by atomic mass is 9.90. The molecule has 0 aromatic carbocycles. The van der Waals surface area contributed by atoms with Crippen LogP contribution in [0.2, 0.25) is 0 Å². The lowest BCUT2D eigenvalue weighted by molar-refractivity contribution is 0.387. The quantitative estimate of drug-likeness (QED) is 0.574. The van der Waals surface area contributed by atoms with Crippen LogP contribution in [0.5, 0.6) is 0 Å². The van der Waals surface area contributed by atoms with Crippen molar-refractivity contribution in [1.29, 1.82) is 0 Å². The molecule has 0 aliphatic carbocycles. The van der Waals surface area contributed by atoms with Crippen LogP contribution in [0.3, 0.4) is 0 Å². The van der Waals surface area contributed by atoms with Gasteiger partial charge in [-0.3, -0.25) is 0 Å². The molecule has 0 bridgehead atoms. The van der Waals surface area contributed by atoms with Crippen molar-refractivity contribution in [2.45, 2.75) is 80.1 Å². The Labute approximate surface area is 134 Å². The first-order valence-corrected chi connectivity index (χ1v) is 8.51. The zero-order valence-electron chi connectivity index (χ0n) is 15.2. The fraction of sp³-hybridized carbons (Fsp3) is 0.600. The third-order valence-corrected chi connectivity index (χ3v) is 5.18. The molecule has 2 aromatic rings. The van der Waals surface area contributed by atoms with E-state index in [-0.39, 0.29) is 5.92 Å². The molecule has 0 radical (unpaired) electrons. The van der Waals surface area contributed by atoms with E-state index >= 15 is 0 Å². The maximum atomic E-state index is 6.14. The van der Waals surface area contributed by atoms with E-state index in [4.69, 9.17) is 8.83 Å². The summed E-state index contributed by atoms with van der Waals surface area (Å²) in [6, 6.07) is 0. The van der Waals surface area contributed by atoms with Gasteiger partial charge in [0.2, 0.25) is 0 Å². The Morgan fingerprint density at radius 2 is 1.14 bits per heavy atom. The van der Waals surface area contributed by atoms with Gasteiger partial charge in [0.05, 0.1) is 5.92 Å². The highest BCUT2D eigenvalue weighted by Gasteiger charge is 2.27. The summed E-state index contributed by atoms with van der Waals surface area (Å²) in [5.74, 6) is 4.51. The van der Waals surface area contributed by atoms with Gasteiger partial charge in [-0.1, -0.05) is 26.2 Å². The molecule has 0 saturated heterocycles. The van der Waals surface area contributed by atoms with E-state index < -0.39 is 0 Å². The zero-order valence-corrected chi connectivity index (χ0v) is 15.2. The van der Waals surface area contributed by atoms with Crippen molar-refractivity contribution in [2.24, 2.45) is 0 Å². The Bertz CT molecular complexity index is 591. The Morgan fingerprint density at radius 1 is 0.682 bits per heavy atom. The highest BCUT2D eigenvalue weighted by Crippen LogP contribution is 2.39. The van der Waals surface area contributed by atoms with Crippen LogP contribution in [-0.2, 0) is 0 Å². The largest absolute Gasteiger partial charge is 0.465 e. The number of hydrogen-bond donors (Lipinski definition) is 0. The number of furan rings is 2. The minimum absolute atomic E-state index is 0.242. The third-order valence-electron chi connectivity index (χ3n) is 5.18. The van der Waals surface area contributed by atoms with Gasteiger partial charge in [-0.15, -0.1) is 0 Å². The van der Waals surface area contributed by atoms with Crippen LogP contribution in [0, 0.1) is 41.5 Å². The average molecular weight is 302 g/mol. The van der Waals surface area contributed by atoms with Crippen molar-refractivity contribution in [1.82, 2.24) is 0 Å². The van der Waals surface area contributed by atoms with Crippen LogP contribution >= 0.6 is 0 Å². The lowest BCUT2D eigenvalue weighted by Gasteiger charge is -2.15. The Hall–Kier alpha value is -1.44. The third kappa shape index (κ3) is 3.02. The van der Waals surface area contributed by atoms with Gasteiger partial charge in [0.25, 0.3) is 0 Å².